The fraction of sp³-hybridized carbons (Fsp3) is 0.265. The number of hydrogen-bond acceptors (Lipinski definition) is 3. The van der Waals surface area contributed by atoms with Crippen LogP contribution in [0.3, 0.4) is 0 Å². The van der Waals surface area contributed by atoms with Crippen LogP contribution in [0.4, 0.5) is 17.1 Å². The second-order valence-electron chi connectivity index (χ2n) is 17.0. The molecule has 5 aliphatic carbocycles. The number of hydrogen-bond donors (Lipinski definition) is 0. The van der Waals surface area contributed by atoms with Gasteiger partial charge in [0.2, 0.25) is 9.84 Å². The van der Waals surface area contributed by atoms with Crippen molar-refractivity contribution in [3.8, 4) is 22.3 Å². The average molecular weight is 710 g/mol. The van der Waals surface area contributed by atoms with Crippen LogP contribution in [0.5, 0.6) is 0 Å². The Kier molecular flexibility index (Phi) is 6.59. The van der Waals surface area contributed by atoms with Crippen LogP contribution in [0.25, 0.3) is 22.3 Å². The minimum absolute atomic E-state index is 0.162. The van der Waals surface area contributed by atoms with Gasteiger partial charge in [0.1, 0.15) is 0 Å². The predicted molar refractivity (Wildman–Crippen MR) is 214 cm³/mol. The van der Waals surface area contributed by atoms with Crippen LogP contribution in [0, 0.1) is 23.7 Å². The third-order valence-corrected chi connectivity index (χ3v) is 15.9. The topological polar surface area (TPSA) is 37.4 Å². The Morgan fingerprint density at radius 3 is 1.79 bits per heavy atom. The van der Waals surface area contributed by atoms with Gasteiger partial charge in [-0.3, -0.25) is 0 Å². The molecule has 0 aromatic heterocycles. The molecule has 1 aliphatic heterocycles. The summed E-state index contributed by atoms with van der Waals surface area (Å²) in [5, 5.41) is 0. The Labute approximate surface area is 313 Å². The summed E-state index contributed by atoms with van der Waals surface area (Å²) in [7, 11) is -3.71. The molecule has 12 rings (SSSR count). The van der Waals surface area contributed by atoms with Gasteiger partial charge in [-0.25, -0.2) is 8.42 Å². The van der Waals surface area contributed by atoms with Crippen LogP contribution in [-0.4, -0.2) is 8.42 Å². The summed E-state index contributed by atoms with van der Waals surface area (Å²) in [6.45, 7) is 4.67. The number of sulfone groups is 1. The molecule has 4 heteroatoms. The van der Waals surface area contributed by atoms with Crippen LogP contribution in [0.1, 0.15) is 68.2 Å². The van der Waals surface area contributed by atoms with Gasteiger partial charge in [-0.15, -0.1) is 0 Å². The van der Waals surface area contributed by atoms with Crippen molar-refractivity contribution in [2.24, 2.45) is 23.7 Å². The fourth-order valence-corrected chi connectivity index (χ4v) is 13.9. The van der Waals surface area contributed by atoms with Crippen molar-refractivity contribution < 1.29 is 8.42 Å². The van der Waals surface area contributed by atoms with Crippen LogP contribution in [0.2, 0.25) is 0 Å². The van der Waals surface area contributed by atoms with Crippen molar-refractivity contribution >= 4 is 26.9 Å². The standard InChI is InChI=1S/C49H43NO2S/c1-48(2)41-16-8-6-15-39(41)40-22-20-36(29-43(40)48)50(45-18-10-7-14-38(45)33-12-4-3-5-13-33)37-21-23-47-44(30-37)49(42-17-9-11-19-46(42)53(47,51)52)34-25-31-24-32(27-34)28-35(49)26-31/h3-23,29-32,34-35H,24-28H2,1-2H3/t31-,32+,34+,35-,49?. The molecule has 4 bridgehead atoms. The van der Waals surface area contributed by atoms with Crippen LogP contribution in [-0.2, 0) is 20.7 Å². The van der Waals surface area contributed by atoms with E-state index in [0.717, 1.165) is 51.2 Å². The van der Waals surface area contributed by atoms with E-state index in [4.69, 9.17) is 0 Å². The van der Waals surface area contributed by atoms with E-state index in [1.54, 1.807) is 0 Å². The molecule has 6 aromatic carbocycles. The molecule has 0 N–H and O–H groups in total. The van der Waals surface area contributed by atoms with E-state index in [1.165, 1.54) is 54.4 Å². The molecule has 6 aliphatic rings. The maximum Gasteiger partial charge on any atom is 0.207 e. The third kappa shape index (κ3) is 4.25. The predicted octanol–water partition coefficient (Wildman–Crippen LogP) is 12.0. The average Bonchev–Trinajstić information content (AvgIpc) is 3.41. The number of para-hydroxylation sites is 1. The third-order valence-electron chi connectivity index (χ3n) is 14.1. The monoisotopic (exact) mass is 709 g/mol. The summed E-state index contributed by atoms with van der Waals surface area (Å²) < 4.78 is 29.3. The first kappa shape index (κ1) is 31.6. The number of nitrogens with zero attached hydrogens (tertiary/aromatic N) is 1. The smallest absolute Gasteiger partial charge is 0.207 e. The van der Waals surface area contributed by atoms with Gasteiger partial charge in [0, 0.05) is 27.8 Å². The quantitative estimate of drug-likeness (QED) is 0.183. The zero-order chi connectivity index (χ0) is 35.7. The van der Waals surface area contributed by atoms with Gasteiger partial charge in [-0.1, -0.05) is 111 Å². The zero-order valence-corrected chi connectivity index (χ0v) is 31.1. The van der Waals surface area contributed by atoms with E-state index in [9.17, 15) is 8.42 Å². The number of rotatable bonds is 4. The first-order valence-corrected chi connectivity index (χ1v) is 20.9. The number of anilines is 3. The molecule has 6 aromatic rings. The van der Waals surface area contributed by atoms with Crippen molar-refractivity contribution in [2.75, 3.05) is 4.90 Å². The molecule has 3 nitrogen and oxygen atoms in total. The molecule has 0 saturated heterocycles. The molecule has 53 heavy (non-hydrogen) atoms. The highest BCUT2D eigenvalue weighted by atomic mass is 32.2. The first-order valence-electron chi connectivity index (χ1n) is 19.4. The molecule has 1 spiro atoms. The van der Waals surface area contributed by atoms with Crippen LogP contribution >= 0.6 is 0 Å². The molecule has 1 heterocycles. The maximum atomic E-state index is 14.7. The van der Waals surface area contributed by atoms with E-state index >= 15 is 0 Å². The van der Waals surface area contributed by atoms with Crippen molar-refractivity contribution in [3.63, 3.8) is 0 Å². The number of benzene rings is 6. The lowest BCUT2D eigenvalue weighted by Crippen LogP contribution is -2.57. The minimum atomic E-state index is -3.71. The number of fused-ring (bicyclic) bond motifs is 5. The van der Waals surface area contributed by atoms with Gasteiger partial charge in [0.25, 0.3) is 0 Å². The molecule has 0 radical (unpaired) electrons. The molecule has 0 amide bonds. The van der Waals surface area contributed by atoms with Crippen LogP contribution in [0.15, 0.2) is 149 Å². The van der Waals surface area contributed by atoms with E-state index in [0.29, 0.717) is 21.6 Å². The van der Waals surface area contributed by atoms with Crippen molar-refractivity contribution in [2.45, 2.75) is 66.6 Å². The Balaban J connectivity index is 1.18. The summed E-state index contributed by atoms with van der Waals surface area (Å²) in [4.78, 5) is 3.44. The van der Waals surface area contributed by atoms with Crippen molar-refractivity contribution in [3.05, 3.63) is 162 Å². The van der Waals surface area contributed by atoms with Gasteiger partial charge >= 0.3 is 0 Å². The Hall–Kier alpha value is -4.93. The van der Waals surface area contributed by atoms with Crippen molar-refractivity contribution in [1.82, 2.24) is 0 Å². The molecular formula is C49H43NO2S. The Morgan fingerprint density at radius 1 is 0.509 bits per heavy atom. The Morgan fingerprint density at radius 2 is 1.06 bits per heavy atom. The highest BCUT2D eigenvalue weighted by Gasteiger charge is 2.62. The molecule has 4 fully saturated rings. The van der Waals surface area contributed by atoms with E-state index in [1.807, 2.05) is 18.2 Å². The molecule has 4 saturated carbocycles. The van der Waals surface area contributed by atoms with Gasteiger partial charge in [-0.05, 0) is 137 Å². The Bertz CT molecular complexity index is 2560. The van der Waals surface area contributed by atoms with Gasteiger partial charge in [0.15, 0.2) is 0 Å². The maximum absolute atomic E-state index is 14.7. The summed E-state index contributed by atoms with van der Waals surface area (Å²) in [6.07, 6.45) is 6.09. The summed E-state index contributed by atoms with van der Waals surface area (Å²) >= 11 is 0. The van der Waals surface area contributed by atoms with Crippen molar-refractivity contribution in [1.29, 1.82) is 0 Å². The largest absolute Gasteiger partial charge is 0.310 e. The second kappa shape index (κ2) is 11.1. The lowest BCUT2D eigenvalue weighted by atomic mass is 9.42. The van der Waals surface area contributed by atoms with E-state index in [2.05, 4.69) is 140 Å². The SMILES string of the molecule is CC1(C)c2ccccc2-c2ccc(N(c3ccc4c(c3)C3(c5ccccc5S4(=O)=O)[C@H]4C[C@H]5C[C@H](C[C@H]3C5)C4)c3ccccc3-c3ccccc3)cc21. The van der Waals surface area contributed by atoms with Gasteiger partial charge < -0.3 is 4.90 Å². The van der Waals surface area contributed by atoms with Gasteiger partial charge in [-0.2, -0.15) is 0 Å². The molecule has 0 atom stereocenters. The lowest BCUT2D eigenvalue weighted by Gasteiger charge is -2.63. The zero-order valence-electron chi connectivity index (χ0n) is 30.3. The molecule has 262 valence electrons. The summed E-state index contributed by atoms with van der Waals surface area (Å²) in [5.41, 5.74) is 12.3. The lowest BCUT2D eigenvalue weighted by molar-refractivity contribution is -0.0446. The fourth-order valence-electron chi connectivity index (χ4n) is 12.1. The highest BCUT2D eigenvalue weighted by molar-refractivity contribution is 7.91. The molecular weight excluding hydrogens is 667 g/mol. The highest BCUT2D eigenvalue weighted by Crippen LogP contribution is 2.68. The van der Waals surface area contributed by atoms with E-state index in [-0.39, 0.29) is 10.8 Å². The van der Waals surface area contributed by atoms with E-state index < -0.39 is 9.84 Å². The molecule has 0 unspecified atom stereocenters. The van der Waals surface area contributed by atoms with Gasteiger partial charge in [0.05, 0.1) is 15.5 Å². The van der Waals surface area contributed by atoms with Crippen LogP contribution < -0.4 is 4.90 Å². The summed E-state index contributed by atoms with van der Waals surface area (Å²) in [5.74, 6) is 2.39. The summed E-state index contributed by atoms with van der Waals surface area (Å²) in [6, 6.07) is 49.4. The minimum Gasteiger partial charge on any atom is -0.310 e. The first-order chi connectivity index (χ1) is 25.8. The second-order valence-corrected chi connectivity index (χ2v) is 18.9. The normalized spacial score (nSPS) is 26.1.